The van der Waals surface area contributed by atoms with Gasteiger partial charge in [0.25, 0.3) is 0 Å². The van der Waals surface area contributed by atoms with Crippen LogP contribution in [0.15, 0.2) is 59.7 Å². The third-order valence-corrected chi connectivity index (χ3v) is 6.10. The van der Waals surface area contributed by atoms with Gasteiger partial charge in [-0.2, -0.15) is 5.10 Å². The zero-order chi connectivity index (χ0) is 23.3. The van der Waals surface area contributed by atoms with E-state index in [1.807, 2.05) is 59.4 Å². The number of nitrogens with one attached hydrogen (secondary N) is 1. The molecule has 2 atom stereocenters. The van der Waals surface area contributed by atoms with E-state index in [1.54, 1.807) is 19.1 Å². The van der Waals surface area contributed by atoms with Gasteiger partial charge in [-0.1, -0.05) is 18.2 Å². The van der Waals surface area contributed by atoms with Crippen molar-refractivity contribution in [2.24, 2.45) is 4.99 Å². The van der Waals surface area contributed by atoms with E-state index in [0.717, 1.165) is 28.4 Å². The van der Waals surface area contributed by atoms with Crippen LogP contribution in [0.1, 0.15) is 37.8 Å². The van der Waals surface area contributed by atoms with E-state index in [1.165, 1.54) is 0 Å². The van der Waals surface area contributed by atoms with Gasteiger partial charge in [0.15, 0.2) is 5.82 Å². The molecule has 5 rings (SSSR count). The number of carbonyl (C=O) groups is 1. The van der Waals surface area contributed by atoms with E-state index in [2.05, 4.69) is 31.2 Å². The van der Waals surface area contributed by atoms with Gasteiger partial charge in [-0.3, -0.25) is 10.2 Å². The van der Waals surface area contributed by atoms with E-state index in [4.69, 9.17) is 14.5 Å². The first-order chi connectivity index (χ1) is 15.8. The third-order valence-electron chi connectivity index (χ3n) is 6.10. The average molecular weight is 446 g/mol. The molecule has 1 N–H and O–H groups in total. The standard InChI is InChI=1S/C25H27N5O3/c1-25(2,3)30-23-19(14-26-30)20(15-9-11-17(32-4)12-10-15)21-22(27-23)28-24(31)29(21)16-7-6-8-18(13-16)33-5/h6-14,20-21H,1-5H3,(H,27,28,31)/t20-,21-/m0/s1. The first kappa shape index (κ1) is 21.1. The molecular formula is C25H27N5O3. The Bertz CT molecular complexity index is 1240. The monoisotopic (exact) mass is 445 g/mol. The fourth-order valence-electron chi connectivity index (χ4n) is 4.57. The molecule has 1 aromatic heterocycles. The van der Waals surface area contributed by atoms with E-state index in [0.29, 0.717) is 11.6 Å². The van der Waals surface area contributed by atoms with E-state index < -0.39 is 0 Å². The number of anilines is 1. The van der Waals surface area contributed by atoms with Gasteiger partial charge in [0.2, 0.25) is 0 Å². The van der Waals surface area contributed by atoms with Crippen LogP contribution < -0.4 is 19.7 Å². The SMILES string of the molecule is COc1ccc([C@H]2c3cnn(C(C)(C)C)c3N=C3NC(=O)N(c4cccc(OC)c4)[C@H]32)cc1. The molecule has 0 radical (unpaired) electrons. The number of ether oxygens (including phenoxy) is 2. The molecule has 170 valence electrons. The zero-order valence-corrected chi connectivity index (χ0v) is 19.4. The van der Waals surface area contributed by atoms with Crippen LogP contribution >= 0.6 is 0 Å². The van der Waals surface area contributed by atoms with Gasteiger partial charge in [-0.25, -0.2) is 14.5 Å². The van der Waals surface area contributed by atoms with Gasteiger partial charge in [0.05, 0.1) is 26.0 Å². The summed E-state index contributed by atoms with van der Waals surface area (Å²) >= 11 is 0. The molecule has 1 fully saturated rings. The second kappa shape index (κ2) is 7.65. The Labute approximate surface area is 192 Å². The Morgan fingerprint density at radius 2 is 1.73 bits per heavy atom. The highest BCUT2D eigenvalue weighted by molar-refractivity contribution is 6.18. The Morgan fingerprint density at radius 1 is 1.00 bits per heavy atom. The number of carbonyl (C=O) groups excluding carboxylic acids is 1. The van der Waals surface area contributed by atoms with Crippen LogP contribution in [0.4, 0.5) is 16.3 Å². The van der Waals surface area contributed by atoms with Gasteiger partial charge in [0, 0.05) is 23.2 Å². The van der Waals surface area contributed by atoms with Gasteiger partial charge in [-0.05, 0) is 50.6 Å². The van der Waals surface area contributed by atoms with Crippen molar-refractivity contribution in [2.45, 2.75) is 38.3 Å². The van der Waals surface area contributed by atoms with Crippen molar-refractivity contribution in [2.75, 3.05) is 19.1 Å². The Hall–Kier alpha value is -3.81. The van der Waals surface area contributed by atoms with Crippen LogP contribution in [-0.4, -0.2) is 41.9 Å². The number of aliphatic imine (C=N–C) groups is 1. The molecule has 8 nitrogen and oxygen atoms in total. The summed E-state index contributed by atoms with van der Waals surface area (Å²) in [4.78, 5) is 19.9. The normalized spacial score (nSPS) is 19.5. The first-order valence-electron chi connectivity index (χ1n) is 10.9. The minimum Gasteiger partial charge on any atom is -0.497 e. The quantitative estimate of drug-likeness (QED) is 0.644. The smallest absolute Gasteiger partial charge is 0.328 e. The van der Waals surface area contributed by atoms with E-state index >= 15 is 0 Å². The van der Waals surface area contributed by atoms with Crippen LogP contribution in [0, 0.1) is 0 Å². The first-order valence-corrected chi connectivity index (χ1v) is 10.9. The third kappa shape index (κ3) is 3.42. The lowest BCUT2D eigenvalue weighted by molar-refractivity contribution is 0.252. The lowest BCUT2D eigenvalue weighted by Crippen LogP contribution is -2.42. The predicted molar refractivity (Wildman–Crippen MR) is 127 cm³/mol. The molecule has 2 amide bonds. The fraction of sp³-hybridized carbons (Fsp3) is 0.320. The largest absolute Gasteiger partial charge is 0.497 e. The van der Waals surface area contributed by atoms with E-state index in [-0.39, 0.29) is 23.5 Å². The van der Waals surface area contributed by atoms with E-state index in [9.17, 15) is 4.79 Å². The molecule has 33 heavy (non-hydrogen) atoms. The zero-order valence-electron chi connectivity index (χ0n) is 19.4. The second-order valence-electron chi connectivity index (χ2n) is 9.20. The number of nitrogens with zero attached hydrogens (tertiary/aromatic N) is 4. The second-order valence-corrected chi connectivity index (χ2v) is 9.20. The molecule has 2 aromatic carbocycles. The predicted octanol–water partition coefficient (Wildman–Crippen LogP) is 4.43. The van der Waals surface area contributed by atoms with Gasteiger partial charge >= 0.3 is 6.03 Å². The highest BCUT2D eigenvalue weighted by Gasteiger charge is 2.48. The maximum atomic E-state index is 13.2. The number of hydrogen-bond donors (Lipinski definition) is 1. The molecular weight excluding hydrogens is 418 g/mol. The molecule has 0 saturated carbocycles. The summed E-state index contributed by atoms with van der Waals surface area (Å²) in [5, 5.41) is 7.69. The number of fused-ring (bicyclic) bond motifs is 2. The van der Waals surface area contributed by atoms with Crippen LogP contribution in [0.3, 0.4) is 0 Å². The average Bonchev–Trinajstić information content (AvgIpc) is 3.37. The highest BCUT2D eigenvalue weighted by Crippen LogP contribution is 2.45. The van der Waals surface area contributed by atoms with Crippen molar-refractivity contribution in [1.82, 2.24) is 15.1 Å². The molecule has 0 aliphatic carbocycles. The van der Waals surface area contributed by atoms with Crippen molar-refractivity contribution in [3.05, 3.63) is 65.9 Å². The van der Waals surface area contributed by atoms with Gasteiger partial charge in [-0.15, -0.1) is 0 Å². The molecule has 0 bridgehead atoms. The van der Waals surface area contributed by atoms with Crippen molar-refractivity contribution in [3.8, 4) is 11.5 Å². The van der Waals surface area contributed by atoms with Crippen LogP contribution in [0.2, 0.25) is 0 Å². The summed E-state index contributed by atoms with van der Waals surface area (Å²) in [5.74, 6) is 2.67. The Kier molecular flexibility index (Phi) is 4.88. The van der Waals surface area contributed by atoms with Gasteiger partial charge in [0.1, 0.15) is 23.4 Å². The molecule has 2 aliphatic rings. The minimum absolute atomic E-state index is 0.167. The van der Waals surface area contributed by atoms with Crippen LogP contribution in [-0.2, 0) is 5.54 Å². The highest BCUT2D eigenvalue weighted by atomic mass is 16.5. The molecule has 3 aromatic rings. The Balaban J connectivity index is 1.70. The van der Waals surface area contributed by atoms with Crippen molar-refractivity contribution in [3.63, 3.8) is 0 Å². The fourth-order valence-corrected chi connectivity index (χ4v) is 4.57. The number of amidine groups is 1. The molecule has 3 heterocycles. The van der Waals surface area contributed by atoms with Crippen LogP contribution in [0.5, 0.6) is 11.5 Å². The number of benzene rings is 2. The summed E-state index contributed by atoms with van der Waals surface area (Å²) in [7, 11) is 3.26. The number of amides is 2. The number of rotatable bonds is 4. The minimum atomic E-state index is -0.344. The van der Waals surface area contributed by atoms with Crippen molar-refractivity contribution < 1.29 is 14.3 Å². The molecule has 0 spiro atoms. The number of urea groups is 1. The lowest BCUT2D eigenvalue weighted by atomic mass is 9.83. The molecule has 8 heteroatoms. The summed E-state index contributed by atoms with van der Waals surface area (Å²) in [6.07, 6.45) is 1.88. The lowest BCUT2D eigenvalue weighted by Gasteiger charge is -2.33. The maximum Gasteiger partial charge on any atom is 0.328 e. The maximum absolute atomic E-state index is 13.2. The molecule has 1 saturated heterocycles. The van der Waals surface area contributed by atoms with Crippen LogP contribution in [0.25, 0.3) is 0 Å². The summed E-state index contributed by atoms with van der Waals surface area (Å²) < 4.78 is 12.7. The molecule has 0 unspecified atom stereocenters. The number of hydrogen-bond acceptors (Lipinski definition) is 5. The van der Waals surface area contributed by atoms with Crippen molar-refractivity contribution >= 4 is 23.4 Å². The summed E-state index contributed by atoms with van der Waals surface area (Å²) in [6.45, 7) is 6.26. The number of methoxy groups -OCH3 is 2. The number of aromatic nitrogens is 2. The molecule has 2 aliphatic heterocycles. The van der Waals surface area contributed by atoms with Crippen molar-refractivity contribution in [1.29, 1.82) is 0 Å². The summed E-state index contributed by atoms with van der Waals surface area (Å²) in [6, 6.07) is 14.9. The van der Waals surface area contributed by atoms with Gasteiger partial charge < -0.3 is 9.47 Å². The topological polar surface area (TPSA) is 81.0 Å². The summed E-state index contributed by atoms with van der Waals surface area (Å²) in [5.41, 5.74) is 2.51. The Morgan fingerprint density at radius 3 is 2.39 bits per heavy atom.